The molecular weight excluding hydrogens is 228 g/mol. The zero-order valence-electron chi connectivity index (χ0n) is 10.1. The summed E-state index contributed by atoms with van der Waals surface area (Å²) < 4.78 is 28.3. The highest BCUT2D eigenvalue weighted by atomic mass is 32.2. The minimum atomic E-state index is -2.87. The third-order valence-electron chi connectivity index (χ3n) is 2.92. The van der Waals surface area contributed by atoms with Crippen LogP contribution in [0.2, 0.25) is 0 Å². The van der Waals surface area contributed by atoms with Crippen molar-refractivity contribution < 1.29 is 13.2 Å². The zero-order chi connectivity index (χ0) is 12.2. The number of rotatable bonds is 5. The summed E-state index contributed by atoms with van der Waals surface area (Å²) in [6.45, 7) is 6.34. The van der Waals surface area contributed by atoms with Crippen LogP contribution in [0.4, 0.5) is 0 Å². The van der Waals surface area contributed by atoms with Gasteiger partial charge in [-0.2, -0.15) is 0 Å². The molecule has 1 fully saturated rings. The Morgan fingerprint density at radius 1 is 1.56 bits per heavy atom. The van der Waals surface area contributed by atoms with Crippen LogP contribution in [0.25, 0.3) is 0 Å². The Hall–Kier alpha value is -0.170. The number of nitrogens with two attached hydrogens (primary N) is 1. The Morgan fingerprint density at radius 3 is 2.81 bits per heavy atom. The number of hydrogen-bond acceptors (Lipinski definition) is 5. The predicted octanol–water partition coefficient (Wildman–Crippen LogP) is -0.531. The molecule has 1 heterocycles. The first-order valence-corrected chi connectivity index (χ1v) is 7.56. The van der Waals surface area contributed by atoms with Gasteiger partial charge in [-0.25, -0.2) is 8.42 Å². The summed E-state index contributed by atoms with van der Waals surface area (Å²) >= 11 is 0. The molecule has 1 saturated heterocycles. The number of ether oxygens (including phenoxy) is 1. The fourth-order valence-corrected chi connectivity index (χ4v) is 2.49. The molecule has 2 unspecified atom stereocenters. The normalized spacial score (nSPS) is 25.6. The van der Waals surface area contributed by atoms with E-state index >= 15 is 0 Å². The number of nitrogens with zero attached hydrogens (tertiary/aromatic N) is 1. The topological polar surface area (TPSA) is 72.6 Å². The van der Waals surface area contributed by atoms with Gasteiger partial charge in [-0.05, 0) is 6.92 Å². The minimum Gasteiger partial charge on any atom is -0.374 e. The molecule has 6 heteroatoms. The lowest BCUT2D eigenvalue weighted by molar-refractivity contribution is -0.0356. The van der Waals surface area contributed by atoms with Gasteiger partial charge in [0.1, 0.15) is 0 Å². The molecule has 0 aliphatic carbocycles. The van der Waals surface area contributed by atoms with Crippen molar-refractivity contribution in [1.82, 2.24) is 4.90 Å². The smallest absolute Gasteiger partial charge is 0.151 e. The van der Waals surface area contributed by atoms with Gasteiger partial charge in [-0.3, -0.25) is 4.90 Å². The molecule has 0 aromatic rings. The Labute approximate surface area is 97.9 Å². The standard InChI is InChI=1S/C10H22N2O3S/c1-3-16(13,14)7-5-12-4-6-15-10(8-12)9(2)11/h9-10H,3-8,11H2,1-2H3. The minimum absolute atomic E-state index is 0.00872. The lowest BCUT2D eigenvalue weighted by atomic mass is 10.1. The predicted molar refractivity (Wildman–Crippen MR) is 64.2 cm³/mol. The number of morpholine rings is 1. The molecule has 0 aromatic heterocycles. The molecule has 0 aromatic carbocycles. The Balaban J connectivity index is 2.38. The summed E-state index contributed by atoms with van der Waals surface area (Å²) in [6.07, 6.45) is 0.0260. The molecule has 0 bridgehead atoms. The van der Waals surface area contributed by atoms with Crippen molar-refractivity contribution in [3.63, 3.8) is 0 Å². The van der Waals surface area contributed by atoms with Gasteiger partial charge in [-0.15, -0.1) is 0 Å². The van der Waals surface area contributed by atoms with Gasteiger partial charge in [0.05, 0.1) is 18.5 Å². The van der Waals surface area contributed by atoms with E-state index in [9.17, 15) is 8.42 Å². The van der Waals surface area contributed by atoms with E-state index in [1.807, 2.05) is 6.92 Å². The first-order valence-electron chi connectivity index (χ1n) is 5.74. The van der Waals surface area contributed by atoms with Crippen LogP contribution >= 0.6 is 0 Å². The lowest BCUT2D eigenvalue weighted by Gasteiger charge is -2.34. The van der Waals surface area contributed by atoms with Crippen molar-refractivity contribution in [2.24, 2.45) is 5.73 Å². The van der Waals surface area contributed by atoms with Crippen molar-refractivity contribution in [3.05, 3.63) is 0 Å². The van der Waals surface area contributed by atoms with Gasteiger partial charge in [0, 0.05) is 31.4 Å². The van der Waals surface area contributed by atoms with Crippen LogP contribution in [-0.4, -0.2) is 63.2 Å². The fraction of sp³-hybridized carbons (Fsp3) is 1.00. The third-order valence-corrected chi connectivity index (χ3v) is 4.61. The highest BCUT2D eigenvalue weighted by molar-refractivity contribution is 7.91. The van der Waals surface area contributed by atoms with E-state index in [-0.39, 0.29) is 23.7 Å². The number of sulfone groups is 1. The maximum atomic E-state index is 11.4. The molecule has 16 heavy (non-hydrogen) atoms. The average Bonchev–Trinajstić information content (AvgIpc) is 2.27. The van der Waals surface area contributed by atoms with Gasteiger partial charge in [0.15, 0.2) is 9.84 Å². The largest absolute Gasteiger partial charge is 0.374 e. The second-order valence-corrected chi connectivity index (χ2v) is 6.78. The van der Waals surface area contributed by atoms with E-state index in [2.05, 4.69) is 4.90 Å². The summed E-state index contributed by atoms with van der Waals surface area (Å²) in [5, 5.41) is 0. The average molecular weight is 250 g/mol. The first-order chi connectivity index (χ1) is 7.44. The van der Waals surface area contributed by atoms with Gasteiger partial charge in [0.25, 0.3) is 0 Å². The van der Waals surface area contributed by atoms with E-state index in [1.54, 1.807) is 6.92 Å². The quantitative estimate of drug-likeness (QED) is 0.710. The second-order valence-electron chi connectivity index (χ2n) is 4.31. The van der Waals surface area contributed by atoms with E-state index < -0.39 is 9.84 Å². The van der Waals surface area contributed by atoms with Crippen LogP contribution in [0.1, 0.15) is 13.8 Å². The summed E-state index contributed by atoms with van der Waals surface area (Å²) in [5.74, 6) is 0.448. The zero-order valence-corrected chi connectivity index (χ0v) is 10.9. The highest BCUT2D eigenvalue weighted by Crippen LogP contribution is 2.07. The fourth-order valence-electron chi connectivity index (χ4n) is 1.67. The van der Waals surface area contributed by atoms with Crippen LogP contribution in [0.3, 0.4) is 0 Å². The lowest BCUT2D eigenvalue weighted by Crippen LogP contribution is -2.50. The van der Waals surface area contributed by atoms with E-state index in [0.29, 0.717) is 13.2 Å². The highest BCUT2D eigenvalue weighted by Gasteiger charge is 2.23. The maximum absolute atomic E-state index is 11.4. The monoisotopic (exact) mass is 250 g/mol. The number of hydrogen-bond donors (Lipinski definition) is 1. The molecule has 1 aliphatic rings. The third kappa shape index (κ3) is 4.37. The SMILES string of the molecule is CCS(=O)(=O)CCN1CCOC(C(C)N)C1. The van der Waals surface area contributed by atoms with Crippen LogP contribution in [0.5, 0.6) is 0 Å². The van der Waals surface area contributed by atoms with E-state index in [4.69, 9.17) is 10.5 Å². The molecule has 0 amide bonds. The molecule has 0 saturated carbocycles. The molecule has 96 valence electrons. The Bertz CT molecular complexity index is 303. The second kappa shape index (κ2) is 5.95. The first kappa shape index (κ1) is 13.9. The maximum Gasteiger partial charge on any atom is 0.151 e. The van der Waals surface area contributed by atoms with Crippen molar-refractivity contribution in [2.45, 2.75) is 26.0 Å². The van der Waals surface area contributed by atoms with Gasteiger partial charge >= 0.3 is 0 Å². The Kier molecular flexibility index (Phi) is 5.17. The van der Waals surface area contributed by atoms with Crippen LogP contribution in [0.15, 0.2) is 0 Å². The van der Waals surface area contributed by atoms with E-state index in [1.165, 1.54) is 0 Å². The van der Waals surface area contributed by atoms with Crippen LogP contribution in [-0.2, 0) is 14.6 Å². The summed E-state index contributed by atoms with van der Waals surface area (Å²) in [7, 11) is -2.87. The van der Waals surface area contributed by atoms with Crippen LogP contribution in [0, 0.1) is 0 Å². The van der Waals surface area contributed by atoms with Crippen LogP contribution < -0.4 is 5.73 Å². The molecule has 2 atom stereocenters. The molecule has 2 N–H and O–H groups in total. The molecule has 1 aliphatic heterocycles. The summed E-state index contributed by atoms with van der Waals surface area (Å²) in [6, 6.07) is -0.00872. The van der Waals surface area contributed by atoms with Crippen molar-refractivity contribution in [2.75, 3.05) is 37.7 Å². The van der Waals surface area contributed by atoms with Crippen molar-refractivity contribution >= 4 is 9.84 Å². The molecular formula is C10H22N2O3S. The van der Waals surface area contributed by atoms with Crippen molar-refractivity contribution in [1.29, 1.82) is 0 Å². The van der Waals surface area contributed by atoms with Gasteiger partial charge in [-0.1, -0.05) is 6.92 Å². The molecule has 5 nitrogen and oxygen atoms in total. The van der Waals surface area contributed by atoms with Gasteiger partial charge < -0.3 is 10.5 Å². The van der Waals surface area contributed by atoms with Crippen molar-refractivity contribution in [3.8, 4) is 0 Å². The molecule has 0 radical (unpaired) electrons. The molecule has 1 rings (SSSR count). The van der Waals surface area contributed by atoms with Gasteiger partial charge in [0.2, 0.25) is 0 Å². The Morgan fingerprint density at radius 2 is 2.25 bits per heavy atom. The van der Waals surface area contributed by atoms with E-state index in [0.717, 1.165) is 13.1 Å². The molecule has 0 spiro atoms. The summed E-state index contributed by atoms with van der Waals surface area (Å²) in [4.78, 5) is 2.12. The summed E-state index contributed by atoms with van der Waals surface area (Å²) in [5.41, 5.74) is 5.77.